The van der Waals surface area contributed by atoms with Crippen molar-refractivity contribution in [2.45, 2.75) is 31.6 Å². The highest BCUT2D eigenvalue weighted by atomic mass is 35.5. The van der Waals surface area contributed by atoms with Gasteiger partial charge in [0.05, 0.1) is 16.6 Å². The first kappa shape index (κ1) is 18.4. The summed E-state index contributed by atoms with van der Waals surface area (Å²) in [5.41, 5.74) is 6.11. The van der Waals surface area contributed by atoms with Gasteiger partial charge in [-0.15, -0.1) is 0 Å². The van der Waals surface area contributed by atoms with Crippen molar-refractivity contribution < 1.29 is 4.79 Å². The van der Waals surface area contributed by atoms with Crippen LogP contribution >= 0.6 is 11.6 Å². The molecule has 0 saturated heterocycles. The van der Waals surface area contributed by atoms with Gasteiger partial charge in [-0.2, -0.15) is 0 Å². The number of anilines is 1. The fraction of sp³-hybridized carbons (Fsp3) is 0.269. The molecule has 3 aliphatic rings. The van der Waals surface area contributed by atoms with Gasteiger partial charge in [0, 0.05) is 11.8 Å². The van der Waals surface area contributed by atoms with E-state index in [9.17, 15) is 4.79 Å². The monoisotopic (exact) mass is 401 g/mol. The molecular formula is C26H24ClNO. The molecule has 0 unspecified atom stereocenters. The van der Waals surface area contributed by atoms with Crippen LogP contribution in [0.5, 0.6) is 0 Å². The van der Waals surface area contributed by atoms with Gasteiger partial charge in [0.15, 0.2) is 0 Å². The fourth-order valence-corrected chi connectivity index (χ4v) is 5.78. The average molecular weight is 402 g/mol. The Kier molecular flexibility index (Phi) is 4.67. The van der Waals surface area contributed by atoms with Crippen molar-refractivity contribution in [1.29, 1.82) is 0 Å². The number of rotatable bonds is 4. The van der Waals surface area contributed by atoms with E-state index >= 15 is 0 Å². The molecule has 0 spiro atoms. The Hall–Kier alpha value is -2.58. The van der Waals surface area contributed by atoms with Gasteiger partial charge >= 0.3 is 0 Å². The summed E-state index contributed by atoms with van der Waals surface area (Å²) in [7, 11) is 0. The molecule has 0 aliphatic heterocycles. The summed E-state index contributed by atoms with van der Waals surface area (Å²) in [6.07, 6.45) is 2.10. The van der Waals surface area contributed by atoms with Gasteiger partial charge in [0.2, 0.25) is 5.91 Å². The van der Waals surface area contributed by atoms with Gasteiger partial charge < -0.3 is 5.32 Å². The normalized spacial score (nSPS) is 23.9. The van der Waals surface area contributed by atoms with Gasteiger partial charge in [0.25, 0.3) is 0 Å². The second-order valence-corrected chi connectivity index (χ2v) is 8.57. The minimum Gasteiger partial charge on any atom is -0.324 e. The highest BCUT2D eigenvalue weighted by Crippen LogP contribution is 2.59. The second kappa shape index (κ2) is 7.35. The Balaban J connectivity index is 1.63. The van der Waals surface area contributed by atoms with Gasteiger partial charge in [0.1, 0.15) is 0 Å². The van der Waals surface area contributed by atoms with Gasteiger partial charge in [-0.1, -0.05) is 85.6 Å². The number of benzene rings is 3. The van der Waals surface area contributed by atoms with Gasteiger partial charge in [-0.25, -0.2) is 0 Å². The van der Waals surface area contributed by atoms with E-state index in [1.807, 2.05) is 24.3 Å². The summed E-state index contributed by atoms with van der Waals surface area (Å²) < 4.78 is 0. The first-order chi connectivity index (χ1) is 14.2. The topological polar surface area (TPSA) is 29.1 Å². The third-order valence-electron chi connectivity index (χ3n) is 6.64. The molecule has 6 rings (SSSR count). The van der Waals surface area contributed by atoms with Crippen LogP contribution in [0.25, 0.3) is 0 Å². The van der Waals surface area contributed by atoms with Crippen LogP contribution in [0.3, 0.4) is 0 Å². The van der Waals surface area contributed by atoms with Crippen molar-refractivity contribution >= 4 is 23.2 Å². The second-order valence-electron chi connectivity index (χ2n) is 8.16. The average Bonchev–Trinajstić information content (AvgIpc) is 2.75. The van der Waals surface area contributed by atoms with E-state index in [4.69, 9.17) is 11.6 Å². The SMILES string of the molecule is CCC[C@@H]1C2c3ccccc3C(c3ccccc32)[C@@H]1C(=O)Nc1ccccc1Cl. The number of hydrogen-bond donors (Lipinski definition) is 1. The maximum absolute atomic E-state index is 13.6. The molecule has 2 bridgehead atoms. The molecule has 146 valence electrons. The molecule has 2 nitrogen and oxygen atoms in total. The number of para-hydroxylation sites is 1. The smallest absolute Gasteiger partial charge is 0.228 e. The lowest BCUT2D eigenvalue weighted by Crippen LogP contribution is -2.45. The molecule has 0 aromatic heterocycles. The summed E-state index contributed by atoms with van der Waals surface area (Å²) in [5, 5.41) is 3.72. The molecule has 3 heteroatoms. The zero-order valence-corrected chi connectivity index (χ0v) is 17.2. The van der Waals surface area contributed by atoms with Gasteiger partial charge in [-0.05, 0) is 46.7 Å². The first-order valence-electron chi connectivity index (χ1n) is 10.4. The molecular weight excluding hydrogens is 378 g/mol. The lowest BCUT2D eigenvalue weighted by Gasteiger charge is -2.50. The number of amides is 1. The van der Waals surface area contributed by atoms with Crippen molar-refractivity contribution in [3.8, 4) is 0 Å². The predicted octanol–water partition coefficient (Wildman–Crippen LogP) is 6.60. The highest BCUT2D eigenvalue weighted by molar-refractivity contribution is 6.33. The Morgan fingerprint density at radius 1 is 0.828 bits per heavy atom. The lowest BCUT2D eigenvalue weighted by molar-refractivity contribution is -0.123. The summed E-state index contributed by atoms with van der Waals surface area (Å²) in [5.74, 6) is 0.634. The Morgan fingerprint density at radius 3 is 1.90 bits per heavy atom. The number of carbonyl (C=O) groups excluding carboxylic acids is 1. The summed E-state index contributed by atoms with van der Waals surface area (Å²) in [6.45, 7) is 2.21. The number of halogens is 1. The van der Waals surface area contributed by atoms with E-state index < -0.39 is 0 Å². The highest BCUT2D eigenvalue weighted by Gasteiger charge is 2.51. The lowest BCUT2D eigenvalue weighted by atomic mass is 9.53. The molecule has 3 aliphatic carbocycles. The minimum absolute atomic E-state index is 0.0792. The van der Waals surface area contributed by atoms with Crippen molar-refractivity contribution in [1.82, 2.24) is 0 Å². The van der Waals surface area contributed by atoms with E-state index in [1.54, 1.807) is 0 Å². The third kappa shape index (κ3) is 2.89. The van der Waals surface area contributed by atoms with Crippen molar-refractivity contribution in [2.75, 3.05) is 5.32 Å². The van der Waals surface area contributed by atoms with Crippen molar-refractivity contribution in [3.63, 3.8) is 0 Å². The van der Waals surface area contributed by atoms with Crippen LogP contribution in [0, 0.1) is 11.8 Å². The maximum atomic E-state index is 13.6. The molecule has 0 saturated carbocycles. The number of hydrogen-bond acceptors (Lipinski definition) is 1. The van der Waals surface area contributed by atoms with Crippen molar-refractivity contribution in [3.05, 3.63) is 100 Å². The van der Waals surface area contributed by atoms with Crippen LogP contribution in [0.2, 0.25) is 5.02 Å². The quantitative estimate of drug-likeness (QED) is 0.524. The number of fused-ring (bicyclic) bond motifs is 1. The first-order valence-corrected chi connectivity index (χ1v) is 10.8. The van der Waals surface area contributed by atoms with E-state index in [2.05, 4.69) is 60.8 Å². The number of nitrogens with one attached hydrogen (secondary N) is 1. The third-order valence-corrected chi connectivity index (χ3v) is 6.97. The molecule has 0 radical (unpaired) electrons. The van der Waals surface area contributed by atoms with Crippen LogP contribution < -0.4 is 5.32 Å². The minimum atomic E-state index is -0.0963. The van der Waals surface area contributed by atoms with E-state index in [-0.39, 0.29) is 29.6 Å². The van der Waals surface area contributed by atoms with Crippen LogP contribution in [0.1, 0.15) is 53.9 Å². The molecule has 0 fully saturated rings. The molecule has 1 amide bonds. The van der Waals surface area contributed by atoms with Crippen LogP contribution in [0.15, 0.2) is 72.8 Å². The van der Waals surface area contributed by atoms with E-state index in [1.165, 1.54) is 22.3 Å². The predicted molar refractivity (Wildman–Crippen MR) is 119 cm³/mol. The Labute approximate surface area is 176 Å². The molecule has 0 heterocycles. The molecule has 3 aromatic carbocycles. The molecule has 2 atom stereocenters. The standard InChI is InChI=1S/C26H24ClNO/c1-2-9-20-23-16-10-3-5-12-18(16)24(19-13-6-4-11-17(19)23)25(20)26(29)28-22-15-8-7-14-21(22)27/h3-8,10-15,20,23-25H,2,9H2,1H3,(H,28,29)/t20-,23?,24?,25-/m1/s1. The molecule has 1 N–H and O–H groups in total. The largest absolute Gasteiger partial charge is 0.324 e. The maximum Gasteiger partial charge on any atom is 0.228 e. The van der Waals surface area contributed by atoms with Crippen LogP contribution in [0.4, 0.5) is 5.69 Å². The van der Waals surface area contributed by atoms with Crippen LogP contribution in [-0.2, 0) is 4.79 Å². The summed E-state index contributed by atoms with van der Waals surface area (Å²) in [4.78, 5) is 13.6. The Morgan fingerprint density at radius 2 is 1.34 bits per heavy atom. The zero-order chi connectivity index (χ0) is 20.0. The fourth-order valence-electron chi connectivity index (χ4n) is 5.60. The van der Waals surface area contributed by atoms with Gasteiger partial charge in [-0.3, -0.25) is 4.79 Å². The number of carbonyl (C=O) groups is 1. The van der Waals surface area contributed by atoms with Crippen molar-refractivity contribution in [2.24, 2.45) is 11.8 Å². The molecule has 29 heavy (non-hydrogen) atoms. The van der Waals surface area contributed by atoms with Crippen LogP contribution in [-0.4, -0.2) is 5.91 Å². The zero-order valence-electron chi connectivity index (χ0n) is 16.4. The van der Waals surface area contributed by atoms with E-state index in [0.717, 1.165) is 12.8 Å². The summed E-state index contributed by atoms with van der Waals surface area (Å²) in [6, 6.07) is 24.9. The van der Waals surface area contributed by atoms with E-state index in [0.29, 0.717) is 10.7 Å². The molecule has 3 aromatic rings. The Bertz CT molecular complexity index is 1030. The summed E-state index contributed by atoms with van der Waals surface area (Å²) >= 11 is 6.33.